The summed E-state index contributed by atoms with van der Waals surface area (Å²) in [6.07, 6.45) is 4.73. The lowest BCUT2D eigenvalue weighted by Gasteiger charge is -2.26. The predicted octanol–water partition coefficient (Wildman–Crippen LogP) is 4.11. The first-order valence-corrected chi connectivity index (χ1v) is 12.5. The number of carbonyl (C=O) groups excluding carboxylic acids is 2. The minimum atomic E-state index is -0.422. The van der Waals surface area contributed by atoms with Crippen LogP contribution in [0.5, 0.6) is 5.75 Å². The van der Waals surface area contributed by atoms with E-state index in [9.17, 15) is 14.0 Å². The molecule has 2 N–H and O–H groups in total. The van der Waals surface area contributed by atoms with Crippen molar-refractivity contribution in [3.8, 4) is 5.75 Å². The van der Waals surface area contributed by atoms with E-state index in [1.54, 1.807) is 24.3 Å². The fraction of sp³-hybridized carbons (Fsp3) is 0.360. The molecule has 0 aliphatic carbocycles. The van der Waals surface area contributed by atoms with Crippen LogP contribution in [0.4, 0.5) is 10.1 Å². The van der Waals surface area contributed by atoms with E-state index >= 15 is 0 Å². The Hall–Kier alpha value is -3.37. The average Bonchev–Trinajstić information content (AvgIpc) is 3.36. The Labute approximate surface area is 207 Å². The molecule has 10 heteroatoms. The molecule has 1 aliphatic rings. The summed E-state index contributed by atoms with van der Waals surface area (Å²) in [6.45, 7) is 4.01. The maximum atomic E-state index is 13.0. The normalized spacial score (nSPS) is 13.9. The molecule has 1 aromatic heterocycles. The van der Waals surface area contributed by atoms with Gasteiger partial charge in [0.05, 0.1) is 0 Å². The zero-order chi connectivity index (χ0) is 24.5. The molecule has 0 atom stereocenters. The number of likely N-dealkylation sites (tertiary alicyclic amines) is 1. The molecule has 1 aliphatic heterocycles. The Bertz CT molecular complexity index is 1130. The number of nitrogens with zero attached hydrogens (tertiary/aromatic N) is 3. The van der Waals surface area contributed by atoms with Crippen molar-refractivity contribution in [3.63, 3.8) is 0 Å². The quantitative estimate of drug-likeness (QED) is 0.409. The van der Waals surface area contributed by atoms with Crippen molar-refractivity contribution in [2.75, 3.05) is 31.5 Å². The third kappa shape index (κ3) is 7.56. The number of carbonyl (C=O) groups is 2. The molecule has 35 heavy (non-hydrogen) atoms. The Morgan fingerprint density at radius 3 is 2.63 bits per heavy atom. The first-order valence-electron chi connectivity index (χ1n) is 11.7. The lowest BCUT2D eigenvalue weighted by atomic mass is 10.1. The predicted molar refractivity (Wildman–Crippen MR) is 132 cm³/mol. The maximum absolute atomic E-state index is 13.0. The van der Waals surface area contributed by atoms with Crippen LogP contribution in [0.3, 0.4) is 0 Å². The van der Waals surface area contributed by atoms with Crippen molar-refractivity contribution < 1.29 is 18.7 Å². The van der Waals surface area contributed by atoms with E-state index in [-0.39, 0.29) is 23.3 Å². The Morgan fingerprint density at radius 1 is 1.03 bits per heavy atom. The van der Waals surface area contributed by atoms with Gasteiger partial charge in [0.2, 0.25) is 5.01 Å². The van der Waals surface area contributed by atoms with Gasteiger partial charge in [0.25, 0.3) is 11.8 Å². The van der Waals surface area contributed by atoms with Crippen molar-refractivity contribution in [1.82, 2.24) is 20.4 Å². The van der Waals surface area contributed by atoms with Crippen LogP contribution in [0.15, 0.2) is 48.5 Å². The summed E-state index contributed by atoms with van der Waals surface area (Å²) in [6, 6.07) is 12.4. The number of anilines is 1. The second kappa shape index (κ2) is 12.4. The van der Waals surface area contributed by atoms with E-state index in [0.717, 1.165) is 37.4 Å². The molecule has 184 valence electrons. The molecule has 0 spiro atoms. The highest BCUT2D eigenvalue weighted by Gasteiger charge is 2.15. The van der Waals surface area contributed by atoms with Gasteiger partial charge in [-0.05, 0) is 81.4 Å². The van der Waals surface area contributed by atoms with Gasteiger partial charge in [-0.1, -0.05) is 23.8 Å². The van der Waals surface area contributed by atoms with Crippen LogP contribution in [-0.4, -0.2) is 53.1 Å². The van der Waals surface area contributed by atoms with Crippen LogP contribution in [0.1, 0.15) is 50.9 Å². The van der Waals surface area contributed by atoms with Gasteiger partial charge < -0.3 is 20.3 Å². The Balaban J connectivity index is 1.24. The molecule has 2 heterocycles. The van der Waals surface area contributed by atoms with Crippen LogP contribution < -0.4 is 15.4 Å². The molecule has 2 amide bonds. The molecular formula is C25H28FN5O3S. The SMILES string of the molecule is O=C(NCCCN1CCCCC1)c1cccc(NC(=O)c2nnc(COc3ccc(F)cc3)s2)c1. The monoisotopic (exact) mass is 497 g/mol. The van der Waals surface area contributed by atoms with Gasteiger partial charge in [0, 0.05) is 17.8 Å². The second-order valence-corrected chi connectivity index (χ2v) is 9.35. The van der Waals surface area contributed by atoms with Gasteiger partial charge in [-0.3, -0.25) is 9.59 Å². The number of rotatable bonds is 10. The van der Waals surface area contributed by atoms with Crippen molar-refractivity contribution in [3.05, 3.63) is 69.9 Å². The van der Waals surface area contributed by atoms with Crippen LogP contribution in [0.2, 0.25) is 0 Å². The standard InChI is InChI=1S/C25H28FN5O3S/c26-19-8-10-21(11-9-19)34-17-22-29-30-25(35-22)24(33)28-20-7-4-6-18(16-20)23(32)27-12-5-15-31-13-2-1-3-14-31/h4,6-11,16H,1-3,5,12-15,17H2,(H,27,32)(H,28,33). The molecule has 1 saturated heterocycles. The molecule has 1 fully saturated rings. The number of amides is 2. The first kappa shape index (κ1) is 24.7. The lowest BCUT2D eigenvalue weighted by Crippen LogP contribution is -2.33. The second-order valence-electron chi connectivity index (χ2n) is 8.29. The van der Waals surface area contributed by atoms with E-state index in [0.29, 0.717) is 28.6 Å². The average molecular weight is 498 g/mol. The summed E-state index contributed by atoms with van der Waals surface area (Å²) >= 11 is 1.10. The van der Waals surface area contributed by atoms with Gasteiger partial charge in [0.1, 0.15) is 18.2 Å². The number of nitrogens with one attached hydrogen (secondary N) is 2. The number of hydrogen-bond acceptors (Lipinski definition) is 7. The zero-order valence-corrected chi connectivity index (χ0v) is 20.2. The van der Waals surface area contributed by atoms with Gasteiger partial charge >= 0.3 is 0 Å². The van der Waals surface area contributed by atoms with E-state index in [1.165, 1.54) is 43.5 Å². The Morgan fingerprint density at radius 2 is 1.83 bits per heavy atom. The molecule has 2 aromatic carbocycles. The van der Waals surface area contributed by atoms with Crippen molar-refractivity contribution >= 4 is 28.8 Å². The van der Waals surface area contributed by atoms with E-state index in [1.807, 2.05) is 0 Å². The van der Waals surface area contributed by atoms with Gasteiger partial charge in [-0.15, -0.1) is 10.2 Å². The number of ether oxygens (including phenoxy) is 1. The smallest absolute Gasteiger partial charge is 0.286 e. The minimum absolute atomic E-state index is 0.115. The number of piperidine rings is 1. The lowest BCUT2D eigenvalue weighted by molar-refractivity contribution is 0.0949. The minimum Gasteiger partial charge on any atom is -0.486 e. The topological polar surface area (TPSA) is 96.5 Å². The zero-order valence-electron chi connectivity index (χ0n) is 19.3. The van der Waals surface area contributed by atoms with Crippen molar-refractivity contribution in [2.24, 2.45) is 0 Å². The highest BCUT2D eigenvalue weighted by molar-refractivity contribution is 7.13. The summed E-state index contributed by atoms with van der Waals surface area (Å²) in [5.41, 5.74) is 0.974. The van der Waals surface area contributed by atoms with Gasteiger partial charge in [0.15, 0.2) is 5.01 Å². The molecule has 0 bridgehead atoms. The van der Waals surface area contributed by atoms with E-state index < -0.39 is 5.91 Å². The first-order chi connectivity index (χ1) is 17.1. The fourth-order valence-corrected chi connectivity index (χ4v) is 4.44. The summed E-state index contributed by atoms with van der Waals surface area (Å²) in [5, 5.41) is 14.3. The number of halogens is 1. The molecule has 4 rings (SSSR count). The maximum Gasteiger partial charge on any atom is 0.286 e. The van der Waals surface area contributed by atoms with Crippen LogP contribution in [0, 0.1) is 5.82 Å². The molecule has 0 radical (unpaired) electrons. The molecule has 3 aromatic rings. The van der Waals surface area contributed by atoms with Gasteiger partial charge in [-0.25, -0.2) is 4.39 Å². The van der Waals surface area contributed by atoms with Crippen molar-refractivity contribution in [2.45, 2.75) is 32.3 Å². The third-order valence-electron chi connectivity index (χ3n) is 5.61. The largest absolute Gasteiger partial charge is 0.486 e. The van der Waals surface area contributed by atoms with Crippen LogP contribution in [-0.2, 0) is 6.61 Å². The fourth-order valence-electron chi connectivity index (χ4n) is 3.79. The Kier molecular flexibility index (Phi) is 8.74. The molecular weight excluding hydrogens is 469 g/mol. The van der Waals surface area contributed by atoms with Crippen molar-refractivity contribution in [1.29, 1.82) is 0 Å². The molecule has 8 nitrogen and oxygen atoms in total. The summed E-state index contributed by atoms with van der Waals surface area (Å²) in [7, 11) is 0. The van der Waals surface area contributed by atoms with E-state index in [4.69, 9.17) is 4.74 Å². The molecule has 0 unspecified atom stereocenters. The highest BCUT2D eigenvalue weighted by Crippen LogP contribution is 2.18. The van der Waals surface area contributed by atoms with Crippen LogP contribution >= 0.6 is 11.3 Å². The summed E-state index contributed by atoms with van der Waals surface area (Å²) < 4.78 is 18.5. The van der Waals surface area contributed by atoms with Gasteiger partial charge in [-0.2, -0.15) is 0 Å². The number of aromatic nitrogens is 2. The number of hydrogen-bond donors (Lipinski definition) is 2. The number of benzene rings is 2. The van der Waals surface area contributed by atoms with Crippen LogP contribution in [0.25, 0.3) is 0 Å². The summed E-state index contributed by atoms with van der Waals surface area (Å²) in [5.74, 6) is -0.443. The highest BCUT2D eigenvalue weighted by atomic mass is 32.1. The summed E-state index contributed by atoms with van der Waals surface area (Å²) in [4.78, 5) is 27.6. The molecule has 0 saturated carbocycles. The van der Waals surface area contributed by atoms with E-state index in [2.05, 4.69) is 25.7 Å². The third-order valence-corrected chi connectivity index (χ3v) is 6.50.